The molecule has 0 radical (unpaired) electrons. The fraction of sp³-hybridized carbons (Fsp3) is 0.571. The van der Waals surface area contributed by atoms with Crippen molar-refractivity contribution in [1.29, 1.82) is 0 Å². The summed E-state index contributed by atoms with van der Waals surface area (Å²) in [5.74, 6) is 0.608. The Bertz CT molecular complexity index is 357. The molecule has 0 spiro atoms. The molecule has 2 unspecified atom stereocenters. The van der Waals surface area contributed by atoms with Crippen LogP contribution in [0.2, 0.25) is 0 Å². The maximum atomic E-state index is 6.04. The fourth-order valence-corrected chi connectivity index (χ4v) is 2.47. The van der Waals surface area contributed by atoms with Crippen molar-refractivity contribution in [2.75, 3.05) is 20.2 Å². The molecule has 0 bridgehead atoms. The van der Waals surface area contributed by atoms with Gasteiger partial charge >= 0.3 is 0 Å². The predicted molar refractivity (Wildman–Crippen MR) is 69.6 cm³/mol. The van der Waals surface area contributed by atoms with Gasteiger partial charge in [0.05, 0.1) is 6.61 Å². The molecule has 1 aliphatic rings. The monoisotopic (exact) mass is 234 g/mol. The van der Waals surface area contributed by atoms with Gasteiger partial charge in [-0.1, -0.05) is 31.2 Å². The molecular formula is C14H22N2O. The smallest absolute Gasteiger partial charge is 0.0713 e. The van der Waals surface area contributed by atoms with E-state index < -0.39 is 0 Å². The number of ether oxygens (including phenoxy) is 1. The summed E-state index contributed by atoms with van der Waals surface area (Å²) >= 11 is 0. The van der Waals surface area contributed by atoms with Crippen LogP contribution < -0.4 is 5.73 Å². The van der Waals surface area contributed by atoms with Gasteiger partial charge in [0.25, 0.3) is 0 Å². The molecule has 2 atom stereocenters. The van der Waals surface area contributed by atoms with E-state index in [1.807, 2.05) is 0 Å². The third-order valence-electron chi connectivity index (χ3n) is 3.45. The molecule has 0 aliphatic carbocycles. The van der Waals surface area contributed by atoms with E-state index in [-0.39, 0.29) is 0 Å². The van der Waals surface area contributed by atoms with Gasteiger partial charge in [-0.2, -0.15) is 0 Å². The summed E-state index contributed by atoms with van der Waals surface area (Å²) < 4.78 is 5.15. The van der Waals surface area contributed by atoms with Crippen molar-refractivity contribution in [3.8, 4) is 0 Å². The normalized spacial score (nSPS) is 25.4. The number of nitrogens with zero attached hydrogens (tertiary/aromatic N) is 1. The maximum absolute atomic E-state index is 6.04. The first kappa shape index (κ1) is 12.6. The van der Waals surface area contributed by atoms with E-state index in [1.54, 1.807) is 7.11 Å². The lowest BCUT2D eigenvalue weighted by atomic mass is 10.1. The average molecular weight is 234 g/mol. The summed E-state index contributed by atoms with van der Waals surface area (Å²) in [6.45, 7) is 6.02. The highest BCUT2D eigenvalue weighted by atomic mass is 16.5. The zero-order valence-corrected chi connectivity index (χ0v) is 10.7. The molecule has 3 heteroatoms. The third kappa shape index (κ3) is 3.28. The van der Waals surface area contributed by atoms with E-state index in [4.69, 9.17) is 10.5 Å². The van der Waals surface area contributed by atoms with Gasteiger partial charge in [-0.05, 0) is 17.0 Å². The lowest BCUT2D eigenvalue weighted by Crippen LogP contribution is -2.28. The largest absolute Gasteiger partial charge is 0.380 e. The van der Waals surface area contributed by atoms with Crippen LogP contribution in [0.4, 0.5) is 0 Å². The Hall–Kier alpha value is -0.900. The Morgan fingerprint density at radius 3 is 2.76 bits per heavy atom. The Labute approximate surface area is 104 Å². The van der Waals surface area contributed by atoms with Crippen LogP contribution in [-0.2, 0) is 17.9 Å². The van der Waals surface area contributed by atoms with Crippen LogP contribution in [0.1, 0.15) is 18.1 Å². The van der Waals surface area contributed by atoms with Crippen molar-refractivity contribution in [2.45, 2.75) is 26.1 Å². The summed E-state index contributed by atoms with van der Waals surface area (Å²) in [6, 6.07) is 8.93. The second kappa shape index (κ2) is 5.63. The Morgan fingerprint density at radius 2 is 2.12 bits per heavy atom. The standard InChI is InChI=1S/C14H22N2O/c1-11-7-16(9-14(11)15)8-12-4-3-5-13(6-12)10-17-2/h3-6,11,14H,7-10,15H2,1-2H3. The maximum Gasteiger partial charge on any atom is 0.0713 e. The first-order valence-corrected chi connectivity index (χ1v) is 6.23. The summed E-state index contributed by atoms with van der Waals surface area (Å²) in [7, 11) is 1.73. The zero-order chi connectivity index (χ0) is 12.3. The average Bonchev–Trinajstić information content (AvgIpc) is 2.59. The van der Waals surface area contributed by atoms with Crippen molar-refractivity contribution >= 4 is 0 Å². The molecule has 1 aromatic rings. The highest BCUT2D eigenvalue weighted by molar-refractivity contribution is 5.23. The molecule has 3 nitrogen and oxygen atoms in total. The van der Waals surface area contributed by atoms with Gasteiger partial charge in [-0.3, -0.25) is 4.90 Å². The highest BCUT2D eigenvalue weighted by Gasteiger charge is 2.26. The molecule has 2 rings (SSSR count). The van der Waals surface area contributed by atoms with Crippen molar-refractivity contribution in [1.82, 2.24) is 4.90 Å². The minimum absolute atomic E-state index is 0.331. The van der Waals surface area contributed by atoms with Crippen LogP contribution >= 0.6 is 0 Å². The molecule has 0 saturated carbocycles. The first-order valence-electron chi connectivity index (χ1n) is 6.23. The van der Waals surface area contributed by atoms with Crippen LogP contribution in [0.15, 0.2) is 24.3 Å². The van der Waals surface area contributed by atoms with Gasteiger partial charge in [0, 0.05) is 32.8 Å². The van der Waals surface area contributed by atoms with Crippen molar-refractivity contribution in [3.63, 3.8) is 0 Å². The van der Waals surface area contributed by atoms with Crippen LogP contribution in [0.5, 0.6) is 0 Å². The lowest BCUT2D eigenvalue weighted by molar-refractivity contribution is 0.184. The quantitative estimate of drug-likeness (QED) is 0.860. The molecule has 1 fully saturated rings. The molecule has 94 valence electrons. The van der Waals surface area contributed by atoms with Crippen LogP contribution in [0.25, 0.3) is 0 Å². The first-order chi connectivity index (χ1) is 8.19. The van der Waals surface area contributed by atoms with Gasteiger partial charge in [0.15, 0.2) is 0 Å². The van der Waals surface area contributed by atoms with E-state index >= 15 is 0 Å². The number of nitrogens with two attached hydrogens (primary N) is 1. The Kier molecular flexibility index (Phi) is 4.15. The van der Waals surface area contributed by atoms with Gasteiger partial charge in [0.2, 0.25) is 0 Å². The van der Waals surface area contributed by atoms with E-state index in [9.17, 15) is 0 Å². The van der Waals surface area contributed by atoms with E-state index in [0.717, 1.165) is 19.6 Å². The second-order valence-corrected chi connectivity index (χ2v) is 5.09. The molecule has 1 saturated heterocycles. The minimum atomic E-state index is 0.331. The van der Waals surface area contributed by atoms with Crippen molar-refractivity contribution in [2.24, 2.45) is 11.7 Å². The van der Waals surface area contributed by atoms with Crippen LogP contribution in [-0.4, -0.2) is 31.1 Å². The molecule has 2 N–H and O–H groups in total. The summed E-state index contributed by atoms with van der Waals surface area (Å²) in [5.41, 5.74) is 8.62. The molecule has 17 heavy (non-hydrogen) atoms. The van der Waals surface area contributed by atoms with Gasteiger partial charge in [-0.25, -0.2) is 0 Å². The van der Waals surface area contributed by atoms with Crippen molar-refractivity contribution in [3.05, 3.63) is 35.4 Å². The minimum Gasteiger partial charge on any atom is -0.380 e. The summed E-state index contributed by atoms with van der Waals surface area (Å²) in [4.78, 5) is 2.43. The number of methoxy groups -OCH3 is 1. The molecule has 0 aromatic heterocycles. The fourth-order valence-electron chi connectivity index (χ4n) is 2.47. The number of rotatable bonds is 4. The van der Waals surface area contributed by atoms with Gasteiger partial charge < -0.3 is 10.5 Å². The molecule has 1 heterocycles. The third-order valence-corrected chi connectivity index (χ3v) is 3.45. The van der Waals surface area contributed by atoms with E-state index in [0.29, 0.717) is 18.6 Å². The number of benzene rings is 1. The molecule has 1 aromatic carbocycles. The van der Waals surface area contributed by atoms with E-state index in [2.05, 4.69) is 36.1 Å². The number of likely N-dealkylation sites (tertiary alicyclic amines) is 1. The lowest BCUT2D eigenvalue weighted by Gasteiger charge is -2.15. The SMILES string of the molecule is COCc1cccc(CN2CC(C)C(N)C2)c1. The summed E-state index contributed by atoms with van der Waals surface area (Å²) in [6.07, 6.45) is 0. The number of hydrogen-bond acceptors (Lipinski definition) is 3. The Morgan fingerprint density at radius 1 is 1.35 bits per heavy atom. The molecule has 1 aliphatic heterocycles. The summed E-state index contributed by atoms with van der Waals surface area (Å²) in [5, 5.41) is 0. The highest BCUT2D eigenvalue weighted by Crippen LogP contribution is 2.18. The number of hydrogen-bond donors (Lipinski definition) is 1. The van der Waals surface area contributed by atoms with Crippen LogP contribution in [0.3, 0.4) is 0 Å². The van der Waals surface area contributed by atoms with Gasteiger partial charge in [-0.15, -0.1) is 0 Å². The van der Waals surface area contributed by atoms with Crippen molar-refractivity contribution < 1.29 is 4.74 Å². The predicted octanol–water partition coefficient (Wildman–Crippen LogP) is 1.61. The second-order valence-electron chi connectivity index (χ2n) is 5.09. The zero-order valence-electron chi connectivity index (χ0n) is 10.7. The molecule has 0 amide bonds. The molecular weight excluding hydrogens is 212 g/mol. The van der Waals surface area contributed by atoms with Gasteiger partial charge in [0.1, 0.15) is 0 Å². The van der Waals surface area contributed by atoms with E-state index in [1.165, 1.54) is 11.1 Å². The van der Waals surface area contributed by atoms with Crippen LogP contribution in [0, 0.1) is 5.92 Å². The topological polar surface area (TPSA) is 38.5 Å². The Balaban J connectivity index is 1.97.